The van der Waals surface area contributed by atoms with E-state index >= 15 is 0 Å². The maximum absolute atomic E-state index is 14.3. The topological polar surface area (TPSA) is 30.7 Å². The molecule has 0 aliphatic heterocycles. The standard InChI is InChI=1S/C16H15ClFN3/c1-10-3-4-12(18)13(9-10)21-14(5-7-17)20-15-11(2)6-8-19-16(15)21/h3-4,6,8-9H,5,7H2,1-2H3. The number of imidazole rings is 1. The van der Waals surface area contributed by atoms with Crippen molar-refractivity contribution in [2.75, 3.05) is 5.88 Å². The van der Waals surface area contributed by atoms with Crippen LogP contribution in [0.1, 0.15) is 17.0 Å². The van der Waals surface area contributed by atoms with Gasteiger partial charge in [-0.2, -0.15) is 0 Å². The molecule has 2 aromatic heterocycles. The number of halogens is 2. The van der Waals surface area contributed by atoms with Gasteiger partial charge in [0, 0.05) is 18.5 Å². The molecule has 3 rings (SSSR count). The zero-order chi connectivity index (χ0) is 15.0. The van der Waals surface area contributed by atoms with Crippen LogP contribution in [0.25, 0.3) is 16.9 Å². The van der Waals surface area contributed by atoms with E-state index in [1.54, 1.807) is 22.9 Å². The van der Waals surface area contributed by atoms with Crippen molar-refractivity contribution in [2.24, 2.45) is 0 Å². The number of hydrogen-bond donors (Lipinski definition) is 0. The van der Waals surface area contributed by atoms with Crippen LogP contribution in [-0.2, 0) is 6.42 Å². The van der Waals surface area contributed by atoms with Gasteiger partial charge in [-0.05, 0) is 43.2 Å². The molecule has 0 unspecified atom stereocenters. The molecule has 0 bridgehead atoms. The number of hydrogen-bond acceptors (Lipinski definition) is 2. The van der Waals surface area contributed by atoms with Crippen LogP contribution in [0, 0.1) is 19.7 Å². The summed E-state index contributed by atoms with van der Waals surface area (Å²) in [6, 6.07) is 6.92. The molecule has 108 valence electrons. The fourth-order valence-electron chi connectivity index (χ4n) is 2.44. The summed E-state index contributed by atoms with van der Waals surface area (Å²) in [4.78, 5) is 8.98. The summed E-state index contributed by atoms with van der Waals surface area (Å²) >= 11 is 5.87. The number of aromatic nitrogens is 3. The van der Waals surface area contributed by atoms with Gasteiger partial charge in [-0.1, -0.05) is 6.07 Å². The van der Waals surface area contributed by atoms with Crippen molar-refractivity contribution >= 4 is 22.8 Å². The molecule has 3 nitrogen and oxygen atoms in total. The molecule has 5 heteroatoms. The molecule has 0 aliphatic rings. The number of rotatable bonds is 3. The first-order valence-electron chi connectivity index (χ1n) is 6.77. The smallest absolute Gasteiger partial charge is 0.165 e. The minimum atomic E-state index is -0.293. The Morgan fingerprint density at radius 1 is 1.24 bits per heavy atom. The van der Waals surface area contributed by atoms with E-state index in [0.717, 1.165) is 22.5 Å². The highest BCUT2D eigenvalue weighted by Crippen LogP contribution is 2.25. The summed E-state index contributed by atoms with van der Waals surface area (Å²) in [5.74, 6) is 0.862. The van der Waals surface area contributed by atoms with Crippen LogP contribution in [-0.4, -0.2) is 20.4 Å². The molecule has 2 heterocycles. The summed E-state index contributed by atoms with van der Waals surface area (Å²) < 4.78 is 16.0. The second-order valence-electron chi connectivity index (χ2n) is 5.06. The number of pyridine rings is 1. The van der Waals surface area contributed by atoms with Gasteiger partial charge in [-0.25, -0.2) is 14.4 Å². The molecule has 21 heavy (non-hydrogen) atoms. The molecule has 0 radical (unpaired) electrons. The molecule has 3 aromatic rings. The summed E-state index contributed by atoms with van der Waals surface area (Å²) in [6.07, 6.45) is 2.28. The highest BCUT2D eigenvalue weighted by molar-refractivity contribution is 6.17. The van der Waals surface area contributed by atoms with Gasteiger partial charge in [-0.3, -0.25) is 4.57 Å². The normalized spacial score (nSPS) is 11.2. The van der Waals surface area contributed by atoms with Crippen molar-refractivity contribution in [3.63, 3.8) is 0 Å². The third kappa shape index (κ3) is 2.40. The monoisotopic (exact) mass is 303 g/mol. The lowest BCUT2D eigenvalue weighted by atomic mass is 10.2. The maximum Gasteiger partial charge on any atom is 0.165 e. The molecule has 0 spiro atoms. The van der Waals surface area contributed by atoms with Gasteiger partial charge in [0.1, 0.15) is 17.2 Å². The minimum Gasteiger partial charge on any atom is -0.278 e. The average molecular weight is 304 g/mol. The van der Waals surface area contributed by atoms with Crippen molar-refractivity contribution in [1.29, 1.82) is 0 Å². The van der Waals surface area contributed by atoms with Crippen molar-refractivity contribution in [3.8, 4) is 5.69 Å². The Morgan fingerprint density at radius 2 is 2.05 bits per heavy atom. The van der Waals surface area contributed by atoms with Crippen molar-refractivity contribution < 1.29 is 4.39 Å². The molecule has 0 saturated heterocycles. The molecule has 1 aromatic carbocycles. The van der Waals surface area contributed by atoms with E-state index in [0.29, 0.717) is 23.6 Å². The predicted molar refractivity (Wildman–Crippen MR) is 82.7 cm³/mol. The van der Waals surface area contributed by atoms with Gasteiger partial charge in [0.15, 0.2) is 5.65 Å². The average Bonchev–Trinajstić information content (AvgIpc) is 2.82. The van der Waals surface area contributed by atoms with E-state index in [9.17, 15) is 4.39 Å². The first-order chi connectivity index (χ1) is 10.1. The molecule has 0 atom stereocenters. The lowest BCUT2D eigenvalue weighted by Gasteiger charge is -2.10. The maximum atomic E-state index is 14.3. The molecular formula is C16H15ClFN3. The lowest BCUT2D eigenvalue weighted by Crippen LogP contribution is -2.05. The zero-order valence-electron chi connectivity index (χ0n) is 11.9. The van der Waals surface area contributed by atoms with Crippen LogP contribution in [0.15, 0.2) is 30.5 Å². The third-order valence-corrected chi connectivity index (χ3v) is 3.67. The van der Waals surface area contributed by atoms with Crippen molar-refractivity contribution in [1.82, 2.24) is 14.5 Å². The van der Waals surface area contributed by atoms with Crippen LogP contribution in [0.4, 0.5) is 4.39 Å². The number of alkyl halides is 1. The molecule has 0 aliphatic carbocycles. The number of nitrogens with zero attached hydrogens (tertiary/aromatic N) is 3. The molecule has 0 N–H and O–H groups in total. The minimum absolute atomic E-state index is 0.293. The van der Waals surface area contributed by atoms with E-state index in [-0.39, 0.29) is 5.82 Å². The third-order valence-electron chi connectivity index (χ3n) is 3.48. The Morgan fingerprint density at radius 3 is 2.81 bits per heavy atom. The van der Waals surface area contributed by atoms with E-state index < -0.39 is 0 Å². The molecule has 0 fully saturated rings. The van der Waals surface area contributed by atoms with E-state index in [1.165, 1.54) is 6.07 Å². The number of fused-ring (bicyclic) bond motifs is 1. The second-order valence-corrected chi connectivity index (χ2v) is 5.44. The van der Waals surface area contributed by atoms with Crippen molar-refractivity contribution in [2.45, 2.75) is 20.3 Å². The van der Waals surface area contributed by atoms with Gasteiger partial charge >= 0.3 is 0 Å². The first kappa shape index (κ1) is 14.0. The highest BCUT2D eigenvalue weighted by Gasteiger charge is 2.17. The zero-order valence-corrected chi connectivity index (χ0v) is 12.7. The summed E-state index contributed by atoms with van der Waals surface area (Å²) in [5, 5.41) is 0. The van der Waals surface area contributed by atoms with Crippen LogP contribution in [0.2, 0.25) is 0 Å². The Balaban J connectivity index is 2.36. The molecular weight excluding hydrogens is 289 g/mol. The summed E-state index contributed by atoms with van der Waals surface area (Å²) in [5.41, 5.74) is 3.93. The summed E-state index contributed by atoms with van der Waals surface area (Å²) in [7, 11) is 0. The Kier molecular flexibility index (Phi) is 3.64. The van der Waals surface area contributed by atoms with Gasteiger partial charge in [0.25, 0.3) is 0 Å². The highest BCUT2D eigenvalue weighted by atomic mass is 35.5. The van der Waals surface area contributed by atoms with Crippen LogP contribution < -0.4 is 0 Å². The predicted octanol–water partition coefficient (Wildman–Crippen LogP) is 3.96. The fraction of sp³-hybridized carbons (Fsp3) is 0.250. The van der Waals surface area contributed by atoms with Crippen LogP contribution in [0.3, 0.4) is 0 Å². The second kappa shape index (κ2) is 5.45. The van der Waals surface area contributed by atoms with Crippen LogP contribution >= 0.6 is 11.6 Å². The Bertz CT molecular complexity index is 811. The van der Waals surface area contributed by atoms with Gasteiger partial charge in [0.2, 0.25) is 0 Å². The van der Waals surface area contributed by atoms with Crippen molar-refractivity contribution in [3.05, 3.63) is 53.2 Å². The van der Waals surface area contributed by atoms with Crippen LogP contribution in [0.5, 0.6) is 0 Å². The van der Waals surface area contributed by atoms with Gasteiger partial charge in [-0.15, -0.1) is 11.6 Å². The SMILES string of the molecule is Cc1ccc(F)c(-n2c(CCCl)nc3c(C)ccnc32)c1. The Hall–Kier alpha value is -1.94. The lowest BCUT2D eigenvalue weighted by molar-refractivity contribution is 0.616. The van der Waals surface area contributed by atoms with Gasteiger partial charge in [0.05, 0.1) is 5.69 Å². The molecule has 0 amide bonds. The summed E-state index contributed by atoms with van der Waals surface area (Å²) in [6.45, 7) is 3.90. The largest absolute Gasteiger partial charge is 0.278 e. The van der Waals surface area contributed by atoms with E-state index in [2.05, 4.69) is 9.97 Å². The quantitative estimate of drug-likeness (QED) is 0.686. The molecule has 0 saturated carbocycles. The van der Waals surface area contributed by atoms with E-state index in [4.69, 9.17) is 11.6 Å². The first-order valence-corrected chi connectivity index (χ1v) is 7.30. The van der Waals surface area contributed by atoms with E-state index in [1.807, 2.05) is 19.9 Å². The fourth-order valence-corrected chi connectivity index (χ4v) is 2.61. The number of benzene rings is 1. The van der Waals surface area contributed by atoms with Gasteiger partial charge < -0.3 is 0 Å². The number of aryl methyl sites for hydroxylation is 3. The Labute approximate surface area is 127 Å².